The lowest BCUT2D eigenvalue weighted by Gasteiger charge is -2.25. The van der Waals surface area contributed by atoms with E-state index in [4.69, 9.17) is 0 Å². The second-order valence-electron chi connectivity index (χ2n) is 5.09. The smallest absolute Gasteiger partial charge is 0.0522 e. The third-order valence-electron chi connectivity index (χ3n) is 3.61. The van der Waals surface area contributed by atoms with Crippen molar-refractivity contribution in [1.29, 1.82) is 0 Å². The van der Waals surface area contributed by atoms with Crippen LogP contribution in [0.2, 0.25) is 0 Å². The van der Waals surface area contributed by atoms with Gasteiger partial charge in [-0.2, -0.15) is 5.10 Å². The van der Waals surface area contributed by atoms with E-state index in [1.54, 1.807) is 0 Å². The number of aryl methyl sites for hydroxylation is 1. The molecule has 0 saturated heterocycles. The largest absolute Gasteiger partial charge is 0.313 e. The van der Waals surface area contributed by atoms with Gasteiger partial charge >= 0.3 is 0 Å². The molecule has 1 N–H and O–H groups in total. The lowest BCUT2D eigenvalue weighted by atomic mass is 9.90. The second-order valence-corrected chi connectivity index (χ2v) is 5.09. The van der Waals surface area contributed by atoms with Gasteiger partial charge in [-0.3, -0.25) is 4.68 Å². The molecule has 19 heavy (non-hydrogen) atoms. The van der Waals surface area contributed by atoms with Crippen molar-refractivity contribution in [2.75, 3.05) is 6.54 Å². The molecule has 0 aliphatic carbocycles. The molecule has 0 bridgehead atoms. The van der Waals surface area contributed by atoms with E-state index in [1.165, 1.54) is 11.1 Å². The first-order valence-corrected chi connectivity index (χ1v) is 6.96. The van der Waals surface area contributed by atoms with Crippen molar-refractivity contribution in [3.63, 3.8) is 0 Å². The van der Waals surface area contributed by atoms with Gasteiger partial charge in [0, 0.05) is 19.3 Å². The number of hydrogen-bond acceptors (Lipinski definition) is 2. The highest BCUT2D eigenvalue weighted by Crippen LogP contribution is 2.21. The Kier molecular flexibility index (Phi) is 4.74. The number of hydrogen-bond donors (Lipinski definition) is 1. The van der Waals surface area contributed by atoms with Gasteiger partial charge in [0.1, 0.15) is 0 Å². The summed E-state index contributed by atoms with van der Waals surface area (Å²) >= 11 is 0. The fourth-order valence-corrected chi connectivity index (χ4v) is 2.51. The van der Waals surface area contributed by atoms with Crippen molar-refractivity contribution >= 4 is 0 Å². The molecule has 102 valence electrons. The Morgan fingerprint density at radius 3 is 2.58 bits per heavy atom. The maximum atomic E-state index is 4.25. The quantitative estimate of drug-likeness (QED) is 0.862. The molecule has 0 aliphatic heterocycles. The lowest BCUT2D eigenvalue weighted by Crippen LogP contribution is -2.35. The fourth-order valence-electron chi connectivity index (χ4n) is 2.51. The number of nitrogens with one attached hydrogen (secondary N) is 1. The van der Waals surface area contributed by atoms with Gasteiger partial charge in [-0.05, 0) is 30.0 Å². The van der Waals surface area contributed by atoms with Gasteiger partial charge in [-0.1, -0.05) is 44.2 Å². The zero-order valence-corrected chi connectivity index (χ0v) is 12.0. The highest BCUT2D eigenvalue weighted by atomic mass is 15.2. The normalized spacial score (nSPS) is 14.3. The summed E-state index contributed by atoms with van der Waals surface area (Å²) in [5.74, 6) is 0.487. The summed E-state index contributed by atoms with van der Waals surface area (Å²) in [5, 5.41) is 7.85. The molecule has 0 amide bonds. The van der Waals surface area contributed by atoms with Gasteiger partial charge < -0.3 is 5.32 Å². The van der Waals surface area contributed by atoms with Crippen molar-refractivity contribution in [2.45, 2.75) is 32.2 Å². The Labute approximate surface area is 115 Å². The summed E-state index contributed by atoms with van der Waals surface area (Å²) in [7, 11) is 1.96. The minimum absolute atomic E-state index is 0.441. The summed E-state index contributed by atoms with van der Waals surface area (Å²) in [6.45, 7) is 5.44. The van der Waals surface area contributed by atoms with E-state index < -0.39 is 0 Å². The van der Waals surface area contributed by atoms with Gasteiger partial charge in [0.25, 0.3) is 0 Å². The zero-order valence-electron chi connectivity index (χ0n) is 12.0. The van der Waals surface area contributed by atoms with E-state index in [9.17, 15) is 0 Å². The van der Waals surface area contributed by atoms with Crippen LogP contribution in [0.3, 0.4) is 0 Å². The molecule has 2 rings (SSSR count). The molecule has 0 spiro atoms. The Morgan fingerprint density at radius 2 is 2.00 bits per heavy atom. The molecule has 2 aromatic rings. The molecule has 3 nitrogen and oxygen atoms in total. The van der Waals surface area contributed by atoms with Crippen molar-refractivity contribution in [1.82, 2.24) is 15.1 Å². The Bertz CT molecular complexity index is 490. The molecule has 3 heteroatoms. The first kappa shape index (κ1) is 13.8. The number of benzene rings is 1. The Balaban J connectivity index is 2.11. The van der Waals surface area contributed by atoms with Crippen LogP contribution in [0.25, 0.3) is 0 Å². The average molecular weight is 257 g/mol. The van der Waals surface area contributed by atoms with Crippen molar-refractivity contribution < 1.29 is 0 Å². The highest BCUT2D eigenvalue weighted by molar-refractivity contribution is 5.21. The SMILES string of the molecule is CCNC(Cc1cnn(C)c1)C(C)c1ccccc1. The van der Waals surface area contributed by atoms with Crippen molar-refractivity contribution in [3.05, 3.63) is 53.9 Å². The topological polar surface area (TPSA) is 29.9 Å². The second kappa shape index (κ2) is 6.53. The molecule has 0 radical (unpaired) electrons. The molecule has 1 aromatic heterocycles. The van der Waals surface area contributed by atoms with E-state index in [0.717, 1.165) is 13.0 Å². The number of likely N-dealkylation sites (N-methyl/N-ethyl adjacent to an activating group) is 1. The minimum atomic E-state index is 0.441. The van der Waals surface area contributed by atoms with E-state index in [-0.39, 0.29) is 0 Å². The number of rotatable bonds is 6. The summed E-state index contributed by atoms with van der Waals surface area (Å²) in [4.78, 5) is 0. The first-order chi connectivity index (χ1) is 9.20. The molecular formula is C16H23N3. The predicted molar refractivity (Wildman–Crippen MR) is 79.2 cm³/mol. The average Bonchev–Trinajstić information content (AvgIpc) is 2.84. The van der Waals surface area contributed by atoms with Crippen LogP contribution in [0.15, 0.2) is 42.7 Å². The van der Waals surface area contributed by atoms with Gasteiger partial charge in [-0.15, -0.1) is 0 Å². The number of nitrogens with zero attached hydrogens (tertiary/aromatic N) is 2. The van der Waals surface area contributed by atoms with E-state index >= 15 is 0 Å². The summed E-state index contributed by atoms with van der Waals surface area (Å²) in [6.07, 6.45) is 5.07. The van der Waals surface area contributed by atoms with E-state index in [1.807, 2.05) is 17.9 Å². The molecule has 0 aliphatic rings. The van der Waals surface area contributed by atoms with Crippen LogP contribution < -0.4 is 5.32 Å². The van der Waals surface area contributed by atoms with Crippen molar-refractivity contribution in [2.24, 2.45) is 7.05 Å². The standard InChI is InChI=1S/C16H23N3/c1-4-17-16(10-14-11-18-19(3)12-14)13(2)15-8-6-5-7-9-15/h5-9,11-13,16-17H,4,10H2,1-3H3. The summed E-state index contributed by atoms with van der Waals surface area (Å²) < 4.78 is 1.87. The first-order valence-electron chi connectivity index (χ1n) is 6.96. The van der Waals surface area contributed by atoms with Gasteiger partial charge in [0.15, 0.2) is 0 Å². The monoisotopic (exact) mass is 257 g/mol. The van der Waals surface area contributed by atoms with Gasteiger partial charge in [0.05, 0.1) is 6.20 Å². The van der Waals surface area contributed by atoms with Crippen LogP contribution in [0.5, 0.6) is 0 Å². The van der Waals surface area contributed by atoms with Crippen LogP contribution >= 0.6 is 0 Å². The highest BCUT2D eigenvalue weighted by Gasteiger charge is 2.18. The minimum Gasteiger partial charge on any atom is -0.313 e. The molecule has 1 heterocycles. The third-order valence-corrected chi connectivity index (χ3v) is 3.61. The maximum Gasteiger partial charge on any atom is 0.0522 e. The molecule has 1 aromatic carbocycles. The molecular weight excluding hydrogens is 234 g/mol. The van der Waals surface area contributed by atoms with Gasteiger partial charge in [-0.25, -0.2) is 0 Å². The van der Waals surface area contributed by atoms with Crippen LogP contribution in [0.1, 0.15) is 30.9 Å². The predicted octanol–water partition coefficient (Wildman–Crippen LogP) is 2.74. The molecule has 2 atom stereocenters. The summed E-state index contributed by atoms with van der Waals surface area (Å²) in [6, 6.07) is 11.1. The Morgan fingerprint density at radius 1 is 1.26 bits per heavy atom. The van der Waals surface area contributed by atoms with Crippen molar-refractivity contribution in [3.8, 4) is 0 Å². The molecule has 2 unspecified atom stereocenters. The summed E-state index contributed by atoms with van der Waals surface area (Å²) in [5.41, 5.74) is 2.67. The van der Waals surface area contributed by atoms with E-state index in [2.05, 4.69) is 60.8 Å². The molecule has 0 saturated carbocycles. The van der Waals surface area contributed by atoms with E-state index in [0.29, 0.717) is 12.0 Å². The molecule has 0 fully saturated rings. The van der Waals surface area contributed by atoms with Crippen LogP contribution in [-0.4, -0.2) is 22.4 Å². The lowest BCUT2D eigenvalue weighted by molar-refractivity contribution is 0.458. The van der Waals surface area contributed by atoms with Crippen LogP contribution in [0.4, 0.5) is 0 Å². The zero-order chi connectivity index (χ0) is 13.7. The van der Waals surface area contributed by atoms with Gasteiger partial charge in [0.2, 0.25) is 0 Å². The third kappa shape index (κ3) is 3.67. The van der Waals surface area contributed by atoms with Crippen LogP contribution in [-0.2, 0) is 13.5 Å². The number of aromatic nitrogens is 2. The Hall–Kier alpha value is -1.61. The van der Waals surface area contributed by atoms with Crippen LogP contribution in [0, 0.1) is 0 Å². The fraction of sp³-hybridized carbons (Fsp3) is 0.438. The maximum absolute atomic E-state index is 4.25.